The van der Waals surface area contributed by atoms with Gasteiger partial charge in [0.15, 0.2) is 5.01 Å². The van der Waals surface area contributed by atoms with Gasteiger partial charge >= 0.3 is 0 Å². The van der Waals surface area contributed by atoms with Gasteiger partial charge in [0, 0.05) is 24.2 Å². The molecule has 5 aromatic rings. The average molecular weight is 649 g/mol. The van der Waals surface area contributed by atoms with Crippen LogP contribution in [-0.4, -0.2) is 46.4 Å². The largest absolute Gasteiger partial charge is 0.337 e. The van der Waals surface area contributed by atoms with Gasteiger partial charge in [0.25, 0.3) is 11.8 Å². The fourth-order valence-electron chi connectivity index (χ4n) is 5.80. The third-order valence-corrected chi connectivity index (χ3v) is 9.48. The number of nitrogens with one attached hydrogen (secondary N) is 2. The second kappa shape index (κ2) is 12.7. The molecule has 47 heavy (non-hydrogen) atoms. The molecule has 1 saturated heterocycles. The lowest BCUT2D eigenvalue weighted by Gasteiger charge is -2.25. The van der Waals surface area contributed by atoms with Gasteiger partial charge in [0.05, 0.1) is 16.8 Å². The van der Waals surface area contributed by atoms with Crippen LogP contribution < -0.4 is 10.6 Å². The van der Waals surface area contributed by atoms with Crippen LogP contribution in [0, 0.1) is 0 Å². The summed E-state index contributed by atoms with van der Waals surface area (Å²) in [6, 6.07) is 29.0. The van der Waals surface area contributed by atoms with E-state index in [1.165, 1.54) is 28.7 Å². The predicted molar refractivity (Wildman–Crippen MR) is 186 cm³/mol. The molecule has 0 aliphatic carbocycles. The fourth-order valence-corrected chi connectivity index (χ4v) is 6.71. The molecule has 0 saturated carbocycles. The summed E-state index contributed by atoms with van der Waals surface area (Å²) in [6.45, 7) is 8.25. The molecule has 0 radical (unpaired) electrons. The van der Waals surface area contributed by atoms with Gasteiger partial charge in [0.2, 0.25) is 5.91 Å². The second-order valence-electron chi connectivity index (χ2n) is 13.3. The van der Waals surface area contributed by atoms with Crippen molar-refractivity contribution in [3.63, 3.8) is 0 Å². The maximum atomic E-state index is 14.6. The molecule has 1 fully saturated rings. The summed E-state index contributed by atoms with van der Waals surface area (Å²) >= 11 is 1.17. The minimum Gasteiger partial charge on any atom is -0.337 e. The number of hydrogen-bond donors (Lipinski definition) is 2. The third-order valence-electron chi connectivity index (χ3n) is 8.46. The molecule has 1 unspecified atom stereocenters. The van der Waals surface area contributed by atoms with E-state index < -0.39 is 17.6 Å². The molecule has 2 heterocycles. The number of carbonyl (C=O) groups is 3. The fraction of sp³-hybridized carbons (Fsp3) is 0.263. The topological polar surface area (TPSA) is 91.4 Å². The first kappa shape index (κ1) is 32.1. The smallest absolute Gasteiger partial charge is 0.281 e. The van der Waals surface area contributed by atoms with Crippen LogP contribution in [0.4, 0.5) is 10.1 Å². The highest BCUT2D eigenvalue weighted by molar-refractivity contribution is 7.20. The van der Waals surface area contributed by atoms with E-state index in [4.69, 9.17) is 0 Å². The number of halogens is 1. The molecule has 1 aliphatic rings. The lowest BCUT2D eigenvalue weighted by molar-refractivity contribution is -0.132. The van der Waals surface area contributed by atoms with E-state index in [1.54, 1.807) is 48.5 Å². The van der Waals surface area contributed by atoms with Crippen molar-refractivity contribution in [2.24, 2.45) is 0 Å². The summed E-state index contributed by atoms with van der Waals surface area (Å²) in [5.41, 5.74) is 3.87. The van der Waals surface area contributed by atoms with Gasteiger partial charge in [-0.25, -0.2) is 9.37 Å². The molecular weight excluding hydrogens is 612 g/mol. The van der Waals surface area contributed by atoms with Crippen LogP contribution in [0.15, 0.2) is 97.1 Å². The van der Waals surface area contributed by atoms with Crippen molar-refractivity contribution >= 4 is 45.0 Å². The first-order valence-corrected chi connectivity index (χ1v) is 16.4. The molecule has 9 heteroatoms. The number of amides is 3. The lowest BCUT2D eigenvalue weighted by Crippen LogP contribution is -2.43. The first-order valence-electron chi connectivity index (χ1n) is 15.6. The number of carbonyl (C=O) groups excluding carboxylic acids is 3. The van der Waals surface area contributed by atoms with Crippen molar-refractivity contribution in [3.8, 4) is 11.1 Å². The number of likely N-dealkylation sites (tertiary alicyclic amines) is 1. The standard InChI is InChI=1S/C38H37FN4O3S/c1-37(2,3)26-16-14-24(15-17-26)28-12-8-9-13-29(28)33(44)40-27-18-19-30-31(22-27)47-35(41-30)34(45)42-32(25-10-6-5-7-11-25)36(46)43-21-20-38(4,39)23-43/h5-19,22,32H,20-21,23H2,1-4H3,(H,40,44)(H,42,45)/t32-,38?/m0/s1. The van der Waals surface area contributed by atoms with Crippen LogP contribution in [0.3, 0.4) is 0 Å². The molecule has 240 valence electrons. The molecule has 1 aliphatic heterocycles. The van der Waals surface area contributed by atoms with Crippen molar-refractivity contribution in [1.29, 1.82) is 0 Å². The average Bonchev–Trinajstić information content (AvgIpc) is 3.66. The van der Waals surface area contributed by atoms with E-state index in [-0.39, 0.29) is 41.7 Å². The zero-order valence-electron chi connectivity index (χ0n) is 26.8. The number of nitrogens with zero attached hydrogens (tertiary/aromatic N) is 2. The Morgan fingerprint density at radius 3 is 2.30 bits per heavy atom. The Kier molecular flexibility index (Phi) is 8.68. The monoisotopic (exact) mass is 648 g/mol. The summed E-state index contributed by atoms with van der Waals surface area (Å²) in [5.74, 6) is -1.12. The van der Waals surface area contributed by atoms with Crippen LogP contribution >= 0.6 is 11.3 Å². The van der Waals surface area contributed by atoms with Crippen LogP contribution in [0.2, 0.25) is 0 Å². The number of thiazole rings is 1. The van der Waals surface area contributed by atoms with Gasteiger partial charge in [-0.1, -0.05) is 93.6 Å². The minimum absolute atomic E-state index is 0.0192. The Bertz CT molecular complexity index is 1950. The summed E-state index contributed by atoms with van der Waals surface area (Å²) in [4.78, 5) is 46.4. The zero-order valence-corrected chi connectivity index (χ0v) is 27.7. The number of fused-ring (bicyclic) bond motifs is 1. The van der Waals surface area contributed by atoms with E-state index in [1.807, 2.05) is 36.4 Å². The highest BCUT2D eigenvalue weighted by Crippen LogP contribution is 2.31. The minimum atomic E-state index is -1.46. The van der Waals surface area contributed by atoms with E-state index in [0.29, 0.717) is 27.0 Å². The Labute approximate surface area is 277 Å². The first-order chi connectivity index (χ1) is 22.4. The summed E-state index contributed by atoms with van der Waals surface area (Å²) in [7, 11) is 0. The van der Waals surface area contributed by atoms with Crippen LogP contribution in [0.1, 0.15) is 71.4 Å². The normalized spacial score (nSPS) is 17.0. The quantitative estimate of drug-likeness (QED) is 0.187. The molecule has 2 N–H and O–H groups in total. The van der Waals surface area contributed by atoms with Crippen molar-refractivity contribution in [2.75, 3.05) is 18.4 Å². The molecule has 6 rings (SSSR count). The molecule has 0 bridgehead atoms. The van der Waals surface area contributed by atoms with Crippen LogP contribution in [0.5, 0.6) is 0 Å². The van der Waals surface area contributed by atoms with Crippen molar-refractivity contribution in [1.82, 2.24) is 15.2 Å². The van der Waals surface area contributed by atoms with Crippen LogP contribution in [-0.2, 0) is 10.2 Å². The maximum Gasteiger partial charge on any atom is 0.281 e. The summed E-state index contributed by atoms with van der Waals surface area (Å²) in [6.07, 6.45) is 0.251. The number of aromatic nitrogens is 1. The number of benzene rings is 4. The molecule has 4 aromatic carbocycles. The molecule has 0 spiro atoms. The number of rotatable bonds is 7. The molecule has 7 nitrogen and oxygen atoms in total. The van der Waals surface area contributed by atoms with E-state index in [9.17, 15) is 18.8 Å². The van der Waals surface area contributed by atoms with Crippen molar-refractivity contribution in [3.05, 3.63) is 119 Å². The van der Waals surface area contributed by atoms with E-state index >= 15 is 0 Å². The van der Waals surface area contributed by atoms with Gasteiger partial charge < -0.3 is 15.5 Å². The zero-order chi connectivity index (χ0) is 33.3. The van der Waals surface area contributed by atoms with Gasteiger partial charge in [0.1, 0.15) is 11.7 Å². The molecular formula is C38H37FN4O3S. The van der Waals surface area contributed by atoms with Gasteiger partial charge in [-0.2, -0.15) is 0 Å². The van der Waals surface area contributed by atoms with Crippen LogP contribution in [0.25, 0.3) is 21.3 Å². The van der Waals surface area contributed by atoms with E-state index in [2.05, 4.69) is 48.5 Å². The molecule has 2 atom stereocenters. The Hall–Kier alpha value is -4.89. The Balaban J connectivity index is 1.20. The Morgan fingerprint density at radius 2 is 1.62 bits per heavy atom. The highest BCUT2D eigenvalue weighted by Gasteiger charge is 2.39. The third kappa shape index (κ3) is 7.10. The summed E-state index contributed by atoms with van der Waals surface area (Å²) < 4.78 is 15.3. The van der Waals surface area contributed by atoms with E-state index in [0.717, 1.165) is 11.1 Å². The SMILES string of the molecule is CC1(F)CCN(C(=O)[C@@H](NC(=O)c2nc3ccc(NC(=O)c4ccccc4-c4ccc(C(C)(C)C)cc4)cc3s2)c2ccccc2)C1. The number of anilines is 1. The lowest BCUT2D eigenvalue weighted by atomic mass is 9.86. The second-order valence-corrected chi connectivity index (χ2v) is 14.3. The van der Waals surface area contributed by atoms with Gasteiger partial charge in [-0.15, -0.1) is 11.3 Å². The number of hydrogen-bond acceptors (Lipinski definition) is 5. The Morgan fingerprint density at radius 1 is 0.915 bits per heavy atom. The van der Waals surface area contributed by atoms with Gasteiger partial charge in [-0.05, 0) is 58.9 Å². The predicted octanol–water partition coefficient (Wildman–Crippen LogP) is 7.94. The van der Waals surface area contributed by atoms with Gasteiger partial charge in [-0.3, -0.25) is 14.4 Å². The molecule has 3 amide bonds. The molecule has 1 aromatic heterocycles. The summed E-state index contributed by atoms with van der Waals surface area (Å²) in [5, 5.41) is 6.02. The van der Waals surface area contributed by atoms with Crippen molar-refractivity contribution < 1.29 is 18.8 Å². The maximum absolute atomic E-state index is 14.6. The highest BCUT2D eigenvalue weighted by atomic mass is 32.1. The number of alkyl halides is 1. The van der Waals surface area contributed by atoms with Crippen molar-refractivity contribution in [2.45, 2.75) is 51.2 Å².